The molecule has 1 aromatic rings. The Labute approximate surface area is 90.7 Å². The maximum atomic E-state index is 5.28. The van der Waals surface area contributed by atoms with E-state index in [9.17, 15) is 0 Å². The van der Waals surface area contributed by atoms with Crippen LogP contribution in [0.15, 0.2) is 24.3 Å². The van der Waals surface area contributed by atoms with Crippen molar-refractivity contribution in [2.45, 2.75) is 25.9 Å². The van der Waals surface area contributed by atoms with Crippen LogP contribution >= 0.6 is 12.2 Å². The first kappa shape index (κ1) is 9.81. The van der Waals surface area contributed by atoms with E-state index >= 15 is 0 Å². The lowest BCUT2D eigenvalue weighted by Crippen LogP contribution is -2.41. The number of hydrogen-bond donors (Lipinski definition) is 0. The second-order valence-electron chi connectivity index (χ2n) is 4.01. The molecule has 0 saturated carbocycles. The molecule has 14 heavy (non-hydrogen) atoms. The van der Waals surface area contributed by atoms with Gasteiger partial charge >= 0.3 is 0 Å². The van der Waals surface area contributed by atoms with Gasteiger partial charge in [0.25, 0.3) is 0 Å². The lowest BCUT2D eigenvalue weighted by molar-refractivity contribution is 0.270. The summed E-state index contributed by atoms with van der Waals surface area (Å²) < 4.78 is 0. The third kappa shape index (κ3) is 1.72. The van der Waals surface area contributed by atoms with Crippen LogP contribution in [0.2, 0.25) is 0 Å². The zero-order valence-corrected chi connectivity index (χ0v) is 9.47. The molecule has 1 heterocycles. The minimum absolute atomic E-state index is 0.444. The van der Waals surface area contributed by atoms with Crippen LogP contribution in [0.25, 0.3) is 0 Å². The van der Waals surface area contributed by atoms with E-state index in [0.717, 1.165) is 17.8 Å². The molecule has 1 nitrogen and oxygen atoms in total. The van der Waals surface area contributed by atoms with Crippen LogP contribution in [0.1, 0.15) is 18.1 Å². The van der Waals surface area contributed by atoms with Crippen molar-refractivity contribution in [3.63, 3.8) is 0 Å². The predicted octanol–water partition coefficient (Wildman–Crippen LogP) is 2.43. The fraction of sp³-hybridized carbons (Fsp3) is 0.417. The van der Waals surface area contributed by atoms with Gasteiger partial charge in [0, 0.05) is 17.5 Å². The number of hydrogen-bond acceptors (Lipinski definition) is 2. The number of fused-ring (bicyclic) bond motifs is 1. The van der Waals surface area contributed by atoms with Crippen molar-refractivity contribution >= 4 is 17.1 Å². The third-order valence-electron chi connectivity index (χ3n) is 2.95. The summed E-state index contributed by atoms with van der Waals surface area (Å²) in [6.07, 6.45) is 1.07. The first-order chi connectivity index (χ1) is 6.68. The van der Waals surface area contributed by atoms with Gasteiger partial charge in [-0.25, -0.2) is 0 Å². The third-order valence-corrected chi connectivity index (χ3v) is 3.22. The Hall–Kier alpha value is -0.730. The second kappa shape index (κ2) is 3.79. The summed E-state index contributed by atoms with van der Waals surface area (Å²) in [5.74, 6) is 0. The molecule has 0 amide bonds. The van der Waals surface area contributed by atoms with E-state index in [2.05, 4.69) is 36.2 Å². The molecule has 0 aliphatic carbocycles. The number of benzene rings is 1. The van der Waals surface area contributed by atoms with Gasteiger partial charge in [-0.1, -0.05) is 36.5 Å². The Morgan fingerprint density at radius 2 is 2.00 bits per heavy atom. The molecule has 2 rings (SSSR count). The van der Waals surface area contributed by atoms with E-state index in [4.69, 9.17) is 12.2 Å². The van der Waals surface area contributed by atoms with Crippen LogP contribution in [0, 0.1) is 0 Å². The maximum absolute atomic E-state index is 5.28. The average molecular weight is 205 g/mol. The number of rotatable bonds is 1. The van der Waals surface area contributed by atoms with Crippen molar-refractivity contribution in [2.24, 2.45) is 0 Å². The van der Waals surface area contributed by atoms with Crippen molar-refractivity contribution in [2.75, 3.05) is 7.05 Å². The molecule has 0 aromatic heterocycles. The Bertz CT molecular complexity index is 359. The van der Waals surface area contributed by atoms with Gasteiger partial charge in [0.05, 0.1) is 0 Å². The molecule has 1 aromatic carbocycles. The first-order valence-corrected chi connectivity index (χ1v) is 5.37. The molecule has 1 unspecified atom stereocenters. The summed E-state index contributed by atoms with van der Waals surface area (Å²) in [6, 6.07) is 9.09. The van der Waals surface area contributed by atoms with Crippen LogP contribution in [-0.2, 0) is 13.0 Å². The summed E-state index contributed by atoms with van der Waals surface area (Å²) in [7, 11) is 2.15. The van der Waals surface area contributed by atoms with Crippen molar-refractivity contribution in [1.29, 1.82) is 0 Å². The number of nitrogens with zero attached hydrogens (tertiary/aromatic N) is 1. The quantitative estimate of drug-likeness (QED) is 0.648. The zero-order chi connectivity index (χ0) is 10.1. The van der Waals surface area contributed by atoms with E-state index in [1.54, 1.807) is 0 Å². The van der Waals surface area contributed by atoms with E-state index in [0.29, 0.717) is 6.04 Å². The smallest absolute Gasteiger partial charge is 0.0449 e. The van der Waals surface area contributed by atoms with Crippen molar-refractivity contribution in [3.05, 3.63) is 35.4 Å². The molecule has 74 valence electrons. The van der Waals surface area contributed by atoms with Crippen LogP contribution in [0.3, 0.4) is 0 Å². The minimum atomic E-state index is 0.444. The molecule has 2 heteroatoms. The molecule has 0 N–H and O–H groups in total. The fourth-order valence-corrected chi connectivity index (χ4v) is 2.37. The largest absolute Gasteiger partial charge is 0.294 e. The number of likely N-dealkylation sites (N-methyl/N-ethyl adjacent to an activating group) is 1. The van der Waals surface area contributed by atoms with Crippen LogP contribution in [0.4, 0.5) is 0 Å². The average Bonchev–Trinajstić information content (AvgIpc) is 2.16. The second-order valence-corrected chi connectivity index (χ2v) is 4.66. The van der Waals surface area contributed by atoms with E-state index in [1.807, 2.05) is 6.92 Å². The molecule has 1 aliphatic rings. The van der Waals surface area contributed by atoms with Crippen molar-refractivity contribution < 1.29 is 0 Å². The van der Waals surface area contributed by atoms with Gasteiger partial charge in [-0.3, -0.25) is 4.90 Å². The van der Waals surface area contributed by atoms with Gasteiger partial charge in [0.2, 0.25) is 0 Å². The summed E-state index contributed by atoms with van der Waals surface area (Å²) in [4.78, 5) is 3.44. The normalized spacial score (nSPS) is 21.7. The van der Waals surface area contributed by atoms with Gasteiger partial charge in [-0.2, -0.15) is 0 Å². The van der Waals surface area contributed by atoms with Crippen LogP contribution in [0.5, 0.6) is 0 Å². The molecule has 0 saturated heterocycles. The molecule has 1 aliphatic heterocycles. The molecule has 0 fully saturated rings. The van der Waals surface area contributed by atoms with Gasteiger partial charge in [-0.15, -0.1) is 0 Å². The highest BCUT2D eigenvalue weighted by atomic mass is 32.1. The fourth-order valence-electron chi connectivity index (χ4n) is 2.11. The lowest BCUT2D eigenvalue weighted by Gasteiger charge is -2.33. The van der Waals surface area contributed by atoms with E-state index < -0.39 is 0 Å². The van der Waals surface area contributed by atoms with Crippen molar-refractivity contribution in [1.82, 2.24) is 4.90 Å². The highest BCUT2D eigenvalue weighted by molar-refractivity contribution is 7.80. The van der Waals surface area contributed by atoms with Crippen LogP contribution < -0.4 is 0 Å². The Morgan fingerprint density at radius 3 is 2.64 bits per heavy atom. The van der Waals surface area contributed by atoms with Crippen LogP contribution in [-0.4, -0.2) is 22.9 Å². The van der Waals surface area contributed by atoms with Gasteiger partial charge in [0.15, 0.2) is 0 Å². The van der Waals surface area contributed by atoms with E-state index in [1.165, 1.54) is 11.1 Å². The number of thiocarbonyl (C=S) groups is 1. The van der Waals surface area contributed by atoms with Gasteiger partial charge in [0.1, 0.15) is 0 Å². The minimum Gasteiger partial charge on any atom is -0.294 e. The molecular weight excluding hydrogens is 190 g/mol. The summed E-state index contributed by atoms with van der Waals surface area (Å²) >= 11 is 5.28. The zero-order valence-electron chi connectivity index (χ0n) is 8.66. The Kier molecular flexibility index (Phi) is 2.66. The first-order valence-electron chi connectivity index (χ1n) is 4.96. The molecule has 0 spiro atoms. The highest BCUT2D eigenvalue weighted by Gasteiger charge is 2.23. The Balaban J connectivity index is 2.31. The maximum Gasteiger partial charge on any atom is 0.0449 e. The highest BCUT2D eigenvalue weighted by Crippen LogP contribution is 2.22. The van der Waals surface area contributed by atoms with E-state index in [-0.39, 0.29) is 0 Å². The standard InChI is InChI=1S/C12H15NS/c1-9(14)12-7-10-5-3-4-6-11(10)8-13(12)2/h3-6,12H,7-8H2,1-2H3. The molecule has 0 radical (unpaired) electrons. The summed E-state index contributed by atoms with van der Waals surface area (Å²) in [5, 5.41) is 0. The van der Waals surface area contributed by atoms with Gasteiger partial charge < -0.3 is 0 Å². The lowest BCUT2D eigenvalue weighted by atomic mass is 9.93. The molecule has 1 atom stereocenters. The summed E-state index contributed by atoms with van der Waals surface area (Å²) in [6.45, 7) is 3.07. The van der Waals surface area contributed by atoms with Crippen molar-refractivity contribution in [3.8, 4) is 0 Å². The SMILES string of the molecule is CC(=S)C1Cc2ccccc2CN1C. The van der Waals surface area contributed by atoms with Gasteiger partial charge in [-0.05, 0) is 31.5 Å². The molecule has 0 bridgehead atoms. The molecular formula is C12H15NS. The Morgan fingerprint density at radius 1 is 1.36 bits per heavy atom. The topological polar surface area (TPSA) is 3.24 Å². The summed E-state index contributed by atoms with van der Waals surface area (Å²) in [5.41, 5.74) is 2.90. The predicted molar refractivity (Wildman–Crippen MR) is 63.7 cm³/mol. The monoisotopic (exact) mass is 205 g/mol.